The largest absolute Gasteiger partial charge is 0.439 e. The van der Waals surface area contributed by atoms with Gasteiger partial charge in [0.2, 0.25) is 5.88 Å². The number of anilines is 2. The quantitative estimate of drug-likeness (QED) is 0.324. The van der Waals surface area contributed by atoms with E-state index in [4.69, 9.17) is 10.5 Å². The monoisotopic (exact) mass is 460 g/mol. The maximum atomic E-state index is 12.1. The number of ether oxygens (including phenoxy) is 1. The summed E-state index contributed by atoms with van der Waals surface area (Å²) in [7, 11) is -1.06. The molecule has 3 N–H and O–H groups in total. The zero-order chi connectivity index (χ0) is 22.8. The standard InChI is InChI=1S/C26H28N4O2S/c1-2-16-33(31)29-19-11-9-18(10-12-19)26-25(27)22-17-21(32-24-8-3-4-15-28-24)13-14-23(22)30(26)20-6-5-7-20/h3-4,8-15,17,20,29H,2,5-7,16,27H2,1H3. The van der Waals surface area contributed by atoms with Crippen molar-refractivity contribution in [3.63, 3.8) is 0 Å². The minimum atomic E-state index is -1.06. The molecule has 0 radical (unpaired) electrons. The van der Waals surface area contributed by atoms with Crippen molar-refractivity contribution in [3.05, 3.63) is 66.9 Å². The van der Waals surface area contributed by atoms with E-state index in [9.17, 15) is 4.21 Å². The van der Waals surface area contributed by atoms with Gasteiger partial charge in [0, 0.05) is 40.7 Å². The van der Waals surface area contributed by atoms with Gasteiger partial charge in [-0.05, 0) is 62.1 Å². The molecular formula is C26H28N4O2S. The van der Waals surface area contributed by atoms with Gasteiger partial charge in [-0.1, -0.05) is 25.1 Å². The van der Waals surface area contributed by atoms with Crippen LogP contribution in [0.3, 0.4) is 0 Å². The van der Waals surface area contributed by atoms with E-state index >= 15 is 0 Å². The van der Waals surface area contributed by atoms with Gasteiger partial charge in [0.1, 0.15) is 16.7 Å². The number of nitrogens with one attached hydrogen (secondary N) is 1. The number of hydrogen-bond acceptors (Lipinski definition) is 4. The third-order valence-electron chi connectivity index (χ3n) is 6.09. The smallest absolute Gasteiger partial charge is 0.219 e. The van der Waals surface area contributed by atoms with Crippen LogP contribution < -0.4 is 15.2 Å². The lowest BCUT2D eigenvalue weighted by Crippen LogP contribution is -2.17. The van der Waals surface area contributed by atoms with Crippen LogP contribution in [0.2, 0.25) is 0 Å². The predicted octanol–water partition coefficient (Wildman–Crippen LogP) is 6.29. The molecule has 1 atom stereocenters. The highest BCUT2D eigenvalue weighted by atomic mass is 32.2. The Balaban J connectivity index is 1.53. The van der Waals surface area contributed by atoms with E-state index in [0.29, 0.717) is 23.4 Å². The van der Waals surface area contributed by atoms with Gasteiger partial charge in [-0.15, -0.1) is 0 Å². The third kappa shape index (κ3) is 4.33. The molecule has 0 aliphatic heterocycles. The van der Waals surface area contributed by atoms with Crippen LogP contribution in [0, 0.1) is 0 Å². The molecule has 4 aromatic rings. The van der Waals surface area contributed by atoms with Crippen molar-refractivity contribution in [2.75, 3.05) is 16.2 Å². The number of fused-ring (bicyclic) bond motifs is 1. The van der Waals surface area contributed by atoms with Gasteiger partial charge in [0.05, 0.1) is 16.9 Å². The summed E-state index contributed by atoms with van der Waals surface area (Å²) in [4.78, 5) is 4.25. The van der Waals surface area contributed by atoms with Crippen LogP contribution in [0.1, 0.15) is 38.6 Å². The first kappa shape index (κ1) is 21.5. The summed E-state index contributed by atoms with van der Waals surface area (Å²) in [6.45, 7) is 2.03. The first-order valence-electron chi connectivity index (χ1n) is 11.4. The molecule has 0 bridgehead atoms. The Morgan fingerprint density at radius 1 is 1.15 bits per heavy atom. The van der Waals surface area contributed by atoms with Gasteiger partial charge in [-0.25, -0.2) is 9.19 Å². The first-order valence-corrected chi connectivity index (χ1v) is 12.7. The summed E-state index contributed by atoms with van der Waals surface area (Å²) in [5.74, 6) is 1.90. The number of nitrogen functional groups attached to an aromatic ring is 1. The normalized spacial score (nSPS) is 14.7. The molecule has 1 saturated carbocycles. The van der Waals surface area contributed by atoms with E-state index in [-0.39, 0.29) is 0 Å². The molecule has 0 saturated heterocycles. The minimum Gasteiger partial charge on any atom is -0.439 e. The summed E-state index contributed by atoms with van der Waals surface area (Å²) in [6, 6.07) is 20.2. The number of nitrogens with zero attached hydrogens (tertiary/aromatic N) is 2. The fraction of sp³-hybridized carbons (Fsp3) is 0.269. The van der Waals surface area contributed by atoms with Crippen molar-refractivity contribution < 1.29 is 8.95 Å². The molecule has 2 aromatic carbocycles. The van der Waals surface area contributed by atoms with Crippen LogP contribution in [0.4, 0.5) is 11.4 Å². The molecule has 1 unspecified atom stereocenters. The highest BCUT2D eigenvalue weighted by Gasteiger charge is 2.27. The Morgan fingerprint density at radius 2 is 1.97 bits per heavy atom. The van der Waals surface area contributed by atoms with E-state index in [2.05, 4.69) is 32.5 Å². The summed E-state index contributed by atoms with van der Waals surface area (Å²) >= 11 is 0. The number of benzene rings is 2. The molecule has 0 spiro atoms. The molecule has 33 heavy (non-hydrogen) atoms. The predicted molar refractivity (Wildman–Crippen MR) is 136 cm³/mol. The van der Waals surface area contributed by atoms with Gasteiger partial charge >= 0.3 is 0 Å². The molecule has 5 rings (SSSR count). The zero-order valence-corrected chi connectivity index (χ0v) is 19.5. The Kier molecular flexibility index (Phi) is 6.05. The SMILES string of the molecule is CCCS(=O)Nc1ccc(-c2c(N)c3cc(Oc4ccccn4)ccc3n2C2CCC2)cc1. The average molecular weight is 461 g/mol. The van der Waals surface area contributed by atoms with E-state index in [1.807, 2.05) is 49.4 Å². The maximum Gasteiger partial charge on any atom is 0.219 e. The highest BCUT2D eigenvalue weighted by molar-refractivity contribution is 7.86. The molecule has 6 nitrogen and oxygen atoms in total. The van der Waals surface area contributed by atoms with Gasteiger partial charge in [-0.2, -0.15) is 0 Å². The molecular weight excluding hydrogens is 432 g/mol. The van der Waals surface area contributed by atoms with Crippen molar-refractivity contribution in [1.29, 1.82) is 0 Å². The second-order valence-electron chi connectivity index (χ2n) is 8.40. The van der Waals surface area contributed by atoms with E-state index in [1.54, 1.807) is 6.20 Å². The number of pyridine rings is 1. The Morgan fingerprint density at radius 3 is 2.64 bits per heavy atom. The average Bonchev–Trinajstić information content (AvgIpc) is 3.06. The van der Waals surface area contributed by atoms with Crippen molar-refractivity contribution in [3.8, 4) is 22.9 Å². The number of hydrogen-bond donors (Lipinski definition) is 2. The first-order chi connectivity index (χ1) is 16.1. The molecule has 1 aliphatic rings. The Bertz CT molecular complexity index is 1280. The van der Waals surface area contributed by atoms with Gasteiger partial charge in [-0.3, -0.25) is 0 Å². The van der Waals surface area contributed by atoms with Crippen LogP contribution in [0.15, 0.2) is 66.9 Å². The van der Waals surface area contributed by atoms with Crippen LogP contribution >= 0.6 is 0 Å². The molecule has 0 amide bonds. The molecule has 1 fully saturated rings. The molecule has 1 aliphatic carbocycles. The third-order valence-corrected chi connectivity index (χ3v) is 7.34. The van der Waals surface area contributed by atoms with Crippen LogP contribution in [0.25, 0.3) is 22.2 Å². The fourth-order valence-corrected chi connectivity index (χ4v) is 5.17. The number of aromatic nitrogens is 2. The van der Waals surface area contributed by atoms with Gasteiger partial charge in [0.15, 0.2) is 0 Å². The summed E-state index contributed by atoms with van der Waals surface area (Å²) in [5.41, 5.74) is 11.6. The van der Waals surface area contributed by atoms with E-state index < -0.39 is 11.0 Å². The minimum absolute atomic E-state index is 0.442. The molecule has 2 aromatic heterocycles. The van der Waals surface area contributed by atoms with Crippen molar-refractivity contribution in [2.45, 2.75) is 38.6 Å². The van der Waals surface area contributed by atoms with Crippen LogP contribution in [-0.4, -0.2) is 19.5 Å². The maximum absolute atomic E-state index is 12.1. The Labute approximate surface area is 196 Å². The molecule has 170 valence electrons. The lowest BCUT2D eigenvalue weighted by molar-refractivity contribution is 0.324. The summed E-state index contributed by atoms with van der Waals surface area (Å²) < 4.78 is 23.5. The summed E-state index contributed by atoms with van der Waals surface area (Å²) in [6.07, 6.45) is 6.12. The Hall–Kier alpha value is -3.32. The lowest BCUT2D eigenvalue weighted by Gasteiger charge is -2.30. The lowest BCUT2D eigenvalue weighted by atomic mass is 9.92. The zero-order valence-electron chi connectivity index (χ0n) is 18.7. The van der Waals surface area contributed by atoms with Crippen molar-refractivity contribution in [2.24, 2.45) is 0 Å². The van der Waals surface area contributed by atoms with Crippen molar-refractivity contribution >= 4 is 33.3 Å². The fourth-order valence-electron chi connectivity index (χ4n) is 4.29. The molecule has 7 heteroatoms. The molecule has 2 heterocycles. The van der Waals surface area contributed by atoms with E-state index in [1.165, 1.54) is 6.42 Å². The van der Waals surface area contributed by atoms with Crippen LogP contribution in [0.5, 0.6) is 11.6 Å². The van der Waals surface area contributed by atoms with Gasteiger partial charge in [0.25, 0.3) is 0 Å². The second kappa shape index (κ2) is 9.27. The van der Waals surface area contributed by atoms with Crippen LogP contribution in [-0.2, 0) is 11.0 Å². The highest BCUT2D eigenvalue weighted by Crippen LogP contribution is 2.45. The van der Waals surface area contributed by atoms with Crippen molar-refractivity contribution in [1.82, 2.24) is 9.55 Å². The number of nitrogens with two attached hydrogens (primary N) is 1. The van der Waals surface area contributed by atoms with E-state index in [0.717, 1.165) is 52.8 Å². The second-order valence-corrected chi connectivity index (χ2v) is 9.70. The van der Waals surface area contributed by atoms with Gasteiger partial charge < -0.3 is 19.8 Å². The number of rotatable bonds is 8. The topological polar surface area (TPSA) is 82.2 Å². The summed E-state index contributed by atoms with van der Waals surface area (Å²) in [5, 5.41) is 0.983.